The number of rotatable bonds is 24. The average Bonchev–Trinajstić information content (AvgIpc) is 3.38. The van der Waals surface area contributed by atoms with Crippen molar-refractivity contribution in [3.8, 4) is 11.5 Å². The third-order valence-corrected chi connectivity index (χ3v) is 11.2. The maximum absolute atomic E-state index is 14.9. The van der Waals surface area contributed by atoms with E-state index < -0.39 is 41.9 Å². The van der Waals surface area contributed by atoms with E-state index in [1.54, 1.807) is 26.2 Å². The van der Waals surface area contributed by atoms with Crippen LogP contribution in [-0.2, 0) is 57.7 Å². The Morgan fingerprint density at radius 3 is 2.00 bits per heavy atom. The molecule has 5 aromatic carbocycles. The van der Waals surface area contributed by atoms with E-state index in [0.29, 0.717) is 75.4 Å². The lowest BCUT2D eigenvalue weighted by Gasteiger charge is -2.26. The van der Waals surface area contributed by atoms with Crippen LogP contribution in [0.3, 0.4) is 0 Å². The average molecular weight is 860 g/mol. The van der Waals surface area contributed by atoms with E-state index in [0.717, 1.165) is 0 Å². The number of aliphatic hydroxyl groups excluding tert-OH is 3. The van der Waals surface area contributed by atoms with E-state index in [1.165, 1.54) is 20.1 Å². The predicted molar refractivity (Wildman–Crippen MR) is 232 cm³/mol. The number of hydrogen-bond donors (Lipinski definition) is 5. The molecule has 0 saturated heterocycles. The molecule has 5 aromatic rings. The summed E-state index contributed by atoms with van der Waals surface area (Å²) in [5.41, 5.74) is 1.24. The Morgan fingerprint density at radius 1 is 0.726 bits per heavy atom. The summed E-state index contributed by atoms with van der Waals surface area (Å²) in [5, 5.41) is 48.3. The van der Waals surface area contributed by atoms with Crippen molar-refractivity contribution in [2.45, 2.75) is 65.1 Å². The molecule has 5 N–H and O–H groups in total. The van der Waals surface area contributed by atoms with Gasteiger partial charge in [-0.25, -0.2) is 0 Å². The number of benzene rings is 5. The van der Waals surface area contributed by atoms with Crippen LogP contribution in [-0.4, -0.2) is 112 Å². The van der Waals surface area contributed by atoms with Crippen LogP contribution in [0.5, 0.6) is 11.5 Å². The second kappa shape index (κ2) is 20.6. The molecule has 16 heteroatoms. The largest absolute Gasteiger partial charge is 0.507 e. The number of ether oxygens (including phenoxy) is 6. The summed E-state index contributed by atoms with van der Waals surface area (Å²) in [6, 6.07) is 2.81. The third kappa shape index (κ3) is 8.89. The monoisotopic (exact) mass is 859 g/mol. The molecule has 0 aliphatic heterocycles. The Balaban J connectivity index is 1.56. The van der Waals surface area contributed by atoms with Crippen molar-refractivity contribution in [2.75, 3.05) is 78.9 Å². The van der Waals surface area contributed by atoms with E-state index in [9.17, 15) is 39.3 Å². The van der Waals surface area contributed by atoms with Crippen LogP contribution < -0.4 is 20.9 Å². The van der Waals surface area contributed by atoms with Gasteiger partial charge < -0.3 is 54.2 Å². The molecular weight excluding hydrogens is 806 g/mol. The number of nitrogens with one attached hydrogen (secondary N) is 1. The first kappa shape index (κ1) is 46.0. The molecule has 0 amide bonds. The summed E-state index contributed by atoms with van der Waals surface area (Å²) < 4.78 is 32.4. The molecule has 332 valence electrons. The van der Waals surface area contributed by atoms with Gasteiger partial charge in [-0.05, 0) is 83.5 Å². The van der Waals surface area contributed by atoms with Gasteiger partial charge in [-0.3, -0.25) is 24.0 Å². The Kier molecular flexibility index (Phi) is 15.3. The lowest BCUT2D eigenvalue weighted by molar-refractivity contribution is -0.145. The SMILES string of the molecule is COCCOCCC(=O)OCCCc1c(O)c2c(=O)cc(CO)c3c4c(CO)cc(NCCOC(=O)CCOCCCO)c5c(=O)c(OC)c6c(c(c1C=C(C)C6C(C)=O)c23)c54. The Hall–Kier alpha value is -5.49. The predicted octanol–water partition coefficient (Wildman–Crippen LogP) is 3.96. The summed E-state index contributed by atoms with van der Waals surface area (Å²) in [6.45, 7) is 3.22. The highest BCUT2D eigenvalue weighted by Gasteiger charge is 2.36. The number of ketones is 1. The van der Waals surface area contributed by atoms with Crippen molar-refractivity contribution < 1.29 is 63.2 Å². The van der Waals surface area contributed by atoms with Gasteiger partial charge in [0.15, 0.2) is 11.2 Å². The van der Waals surface area contributed by atoms with Crippen molar-refractivity contribution in [3.05, 3.63) is 66.0 Å². The Labute approximate surface area is 356 Å². The highest BCUT2D eigenvalue weighted by Crippen LogP contribution is 2.54. The number of carbonyl (C=O) groups excluding carboxylic acids is 3. The first-order valence-corrected chi connectivity index (χ1v) is 20.6. The number of anilines is 1. The van der Waals surface area contributed by atoms with E-state index >= 15 is 0 Å². The Bertz CT molecular complexity index is 2620. The molecule has 1 unspecified atom stereocenters. The van der Waals surface area contributed by atoms with Crippen molar-refractivity contribution in [2.24, 2.45) is 0 Å². The number of Topliss-reactive ketones (excluding diaryl/α,β-unsaturated/α-hetero) is 1. The fourth-order valence-electron chi connectivity index (χ4n) is 8.66. The topological polar surface area (TPSA) is 234 Å². The molecule has 0 radical (unpaired) electrons. The van der Waals surface area contributed by atoms with Crippen LogP contribution in [0.25, 0.3) is 49.2 Å². The lowest BCUT2D eigenvalue weighted by Crippen LogP contribution is -2.20. The summed E-state index contributed by atoms with van der Waals surface area (Å²) in [6.07, 6.45) is 2.61. The van der Waals surface area contributed by atoms with Crippen LogP contribution in [0.1, 0.15) is 73.3 Å². The number of aliphatic hydroxyl groups is 3. The normalized spacial score (nSPS) is 13.7. The van der Waals surface area contributed by atoms with Crippen molar-refractivity contribution in [3.63, 3.8) is 0 Å². The summed E-state index contributed by atoms with van der Waals surface area (Å²) in [5.74, 6) is -2.73. The van der Waals surface area contributed by atoms with Gasteiger partial charge >= 0.3 is 11.9 Å². The molecule has 16 nitrogen and oxygen atoms in total. The van der Waals surface area contributed by atoms with Crippen molar-refractivity contribution in [1.29, 1.82) is 0 Å². The smallest absolute Gasteiger partial charge is 0.308 e. The first-order valence-electron chi connectivity index (χ1n) is 20.6. The van der Waals surface area contributed by atoms with Crippen LogP contribution in [0.4, 0.5) is 5.69 Å². The zero-order valence-electron chi connectivity index (χ0n) is 35.4. The summed E-state index contributed by atoms with van der Waals surface area (Å²) >= 11 is 0. The minimum absolute atomic E-state index is 0.00407. The van der Waals surface area contributed by atoms with Crippen molar-refractivity contribution in [1.82, 2.24) is 0 Å². The zero-order valence-corrected chi connectivity index (χ0v) is 35.4. The first-order chi connectivity index (χ1) is 29.9. The van der Waals surface area contributed by atoms with E-state index in [4.69, 9.17) is 33.5 Å². The Morgan fingerprint density at radius 2 is 1.37 bits per heavy atom. The molecule has 1 atom stereocenters. The van der Waals surface area contributed by atoms with Gasteiger partial charge in [0.2, 0.25) is 5.43 Å². The molecule has 0 spiro atoms. The maximum Gasteiger partial charge on any atom is 0.308 e. The number of phenolic OH excluding ortho intramolecular Hbond substituents is 1. The number of carbonyl (C=O) groups is 3. The van der Waals surface area contributed by atoms with Gasteiger partial charge in [0, 0.05) is 54.5 Å². The third-order valence-electron chi connectivity index (χ3n) is 11.2. The second-order valence-corrected chi connectivity index (χ2v) is 15.1. The summed E-state index contributed by atoms with van der Waals surface area (Å²) in [4.78, 5) is 67.7. The molecule has 62 heavy (non-hydrogen) atoms. The van der Waals surface area contributed by atoms with Crippen LogP contribution >= 0.6 is 0 Å². The molecule has 1 aliphatic rings. The maximum atomic E-state index is 14.9. The number of esters is 2. The number of allylic oxidation sites excluding steroid dienone is 1. The number of phenols is 1. The highest BCUT2D eigenvalue weighted by atomic mass is 16.5. The second-order valence-electron chi connectivity index (χ2n) is 15.1. The van der Waals surface area contributed by atoms with E-state index in [-0.39, 0.29) is 116 Å². The minimum atomic E-state index is -1.01. The zero-order chi connectivity index (χ0) is 44.7. The molecule has 0 aromatic heterocycles. The van der Waals surface area contributed by atoms with E-state index in [1.807, 2.05) is 0 Å². The van der Waals surface area contributed by atoms with E-state index in [2.05, 4.69) is 5.32 Å². The highest BCUT2D eigenvalue weighted by molar-refractivity contribution is 6.39. The van der Waals surface area contributed by atoms with Crippen LogP contribution in [0, 0.1) is 0 Å². The van der Waals surface area contributed by atoms with Gasteiger partial charge in [-0.2, -0.15) is 0 Å². The summed E-state index contributed by atoms with van der Waals surface area (Å²) in [7, 11) is 2.88. The molecule has 0 heterocycles. The number of fused-ring (bicyclic) bond motifs is 1. The number of aromatic hydroxyl groups is 1. The molecule has 0 fully saturated rings. The van der Waals surface area contributed by atoms with Gasteiger partial charge in [0.05, 0.1) is 82.9 Å². The molecule has 1 aliphatic carbocycles. The van der Waals surface area contributed by atoms with Crippen molar-refractivity contribution >= 4 is 72.6 Å². The number of hydrogen-bond acceptors (Lipinski definition) is 16. The fourth-order valence-corrected chi connectivity index (χ4v) is 8.66. The standard InChI is InChI=1S/C46H53NO15/c1-24-19-29-28(7-5-13-61-32(53)9-15-60-18-17-57-3)44(55)39-31(52)21-27(23-50)36-35-26(22-49)20-30(47-10-16-62-33(54)8-14-59-12-6-11-48)38-41(35)42(37(29)40(36)39)43(34(24)25(2)51)46(58-4)45(38)56/h19-21,34,47-50,55H,5-18,22-23H2,1-4H3. The lowest BCUT2D eigenvalue weighted by atomic mass is 9.78. The van der Waals surface area contributed by atoms with Gasteiger partial charge in [0.1, 0.15) is 18.1 Å². The minimum Gasteiger partial charge on any atom is -0.507 e. The van der Waals surface area contributed by atoms with Crippen LogP contribution in [0.15, 0.2) is 27.3 Å². The fraction of sp³-hybridized carbons (Fsp3) is 0.457. The number of methoxy groups -OCH3 is 2. The molecule has 0 saturated carbocycles. The quantitative estimate of drug-likeness (QED) is 0.0256. The molecular formula is C46H53NO15. The van der Waals surface area contributed by atoms with Gasteiger partial charge in [0.25, 0.3) is 0 Å². The van der Waals surface area contributed by atoms with Gasteiger partial charge in [-0.1, -0.05) is 11.6 Å². The molecule has 6 rings (SSSR count). The van der Waals surface area contributed by atoms with Crippen LogP contribution in [0.2, 0.25) is 0 Å². The van der Waals surface area contributed by atoms with Gasteiger partial charge in [-0.15, -0.1) is 0 Å². The molecule has 0 bridgehead atoms.